The van der Waals surface area contributed by atoms with E-state index in [1.54, 1.807) is 6.07 Å². The summed E-state index contributed by atoms with van der Waals surface area (Å²) in [6.07, 6.45) is 0. The van der Waals surface area contributed by atoms with Gasteiger partial charge in [0.25, 0.3) is 0 Å². The molecular weight excluding hydrogens is 300 g/mol. The average Bonchev–Trinajstić information content (AvgIpc) is 2.72. The highest BCUT2D eigenvalue weighted by molar-refractivity contribution is 9.10. The third kappa shape index (κ3) is 1.96. The molecule has 2 heterocycles. The summed E-state index contributed by atoms with van der Waals surface area (Å²) in [5.41, 5.74) is 4.01. The third-order valence-corrected chi connectivity index (χ3v) is 3.51. The van der Waals surface area contributed by atoms with Crippen molar-refractivity contribution in [1.82, 2.24) is 9.97 Å². The predicted molar refractivity (Wildman–Crippen MR) is 74.2 cm³/mol. The standard InChI is InChI=1S/C13H8BrClN2/c14-9-4-2-1-3-8(9)11-7-12-10(16-11)5-6-13(15)17-12/h1-7,16H. The van der Waals surface area contributed by atoms with Crippen LogP contribution in [0.5, 0.6) is 0 Å². The molecule has 0 unspecified atom stereocenters. The molecule has 3 aromatic rings. The highest BCUT2D eigenvalue weighted by atomic mass is 79.9. The molecule has 1 N–H and O–H groups in total. The van der Waals surface area contributed by atoms with E-state index in [1.165, 1.54) is 0 Å². The summed E-state index contributed by atoms with van der Waals surface area (Å²) in [6, 6.07) is 13.8. The molecule has 1 aromatic carbocycles. The Morgan fingerprint density at radius 1 is 1.12 bits per heavy atom. The van der Waals surface area contributed by atoms with Gasteiger partial charge in [0.15, 0.2) is 0 Å². The van der Waals surface area contributed by atoms with Crippen LogP contribution >= 0.6 is 27.5 Å². The zero-order valence-corrected chi connectivity index (χ0v) is 11.1. The minimum Gasteiger partial charge on any atom is -0.353 e. The van der Waals surface area contributed by atoms with Crippen LogP contribution in [0.4, 0.5) is 0 Å². The Labute approximate surface area is 112 Å². The summed E-state index contributed by atoms with van der Waals surface area (Å²) < 4.78 is 1.05. The number of aromatic nitrogens is 2. The fourth-order valence-corrected chi connectivity index (χ4v) is 2.46. The van der Waals surface area contributed by atoms with Crippen LogP contribution in [0.25, 0.3) is 22.3 Å². The number of fused-ring (bicyclic) bond motifs is 1. The second-order valence-electron chi connectivity index (χ2n) is 3.73. The van der Waals surface area contributed by atoms with Gasteiger partial charge in [0.2, 0.25) is 0 Å². The zero-order valence-electron chi connectivity index (χ0n) is 8.74. The van der Waals surface area contributed by atoms with Gasteiger partial charge in [-0.25, -0.2) is 4.98 Å². The summed E-state index contributed by atoms with van der Waals surface area (Å²) in [7, 11) is 0. The zero-order chi connectivity index (χ0) is 11.8. The Balaban J connectivity index is 2.22. The molecule has 4 heteroatoms. The Hall–Kier alpha value is -1.32. The van der Waals surface area contributed by atoms with Crippen molar-refractivity contribution in [3.05, 3.63) is 52.1 Å². The molecule has 2 aromatic heterocycles. The molecule has 0 saturated heterocycles. The van der Waals surface area contributed by atoms with Gasteiger partial charge in [0.1, 0.15) is 5.15 Å². The maximum absolute atomic E-state index is 5.87. The predicted octanol–water partition coefficient (Wildman–Crippen LogP) is 4.65. The highest BCUT2D eigenvalue weighted by Gasteiger charge is 2.07. The number of rotatable bonds is 1. The number of nitrogens with zero attached hydrogens (tertiary/aromatic N) is 1. The first-order valence-corrected chi connectivity index (χ1v) is 6.31. The van der Waals surface area contributed by atoms with Crippen molar-refractivity contribution in [3.63, 3.8) is 0 Å². The Kier molecular flexibility index (Phi) is 2.65. The van der Waals surface area contributed by atoms with Gasteiger partial charge in [-0.15, -0.1) is 0 Å². The van der Waals surface area contributed by atoms with E-state index in [0.717, 1.165) is 26.8 Å². The van der Waals surface area contributed by atoms with Crippen LogP contribution in [0.2, 0.25) is 5.15 Å². The number of nitrogens with one attached hydrogen (secondary N) is 1. The van der Waals surface area contributed by atoms with Crippen molar-refractivity contribution in [2.45, 2.75) is 0 Å². The van der Waals surface area contributed by atoms with Crippen LogP contribution in [0.3, 0.4) is 0 Å². The summed E-state index contributed by atoms with van der Waals surface area (Å²) in [5, 5.41) is 0.509. The number of halogens is 2. The molecule has 84 valence electrons. The third-order valence-electron chi connectivity index (χ3n) is 2.61. The molecule has 0 saturated carbocycles. The van der Waals surface area contributed by atoms with E-state index in [1.807, 2.05) is 30.3 Å². The Bertz CT molecular complexity index is 691. The van der Waals surface area contributed by atoms with E-state index >= 15 is 0 Å². The fraction of sp³-hybridized carbons (Fsp3) is 0. The lowest BCUT2D eigenvalue weighted by Gasteiger charge is -1.99. The smallest absolute Gasteiger partial charge is 0.129 e. The topological polar surface area (TPSA) is 28.7 Å². The normalized spacial score (nSPS) is 10.9. The fourth-order valence-electron chi connectivity index (χ4n) is 1.81. The lowest BCUT2D eigenvalue weighted by Crippen LogP contribution is -1.78. The SMILES string of the molecule is Clc1ccc2[nH]c(-c3ccccc3Br)cc2n1. The number of H-pyrrole nitrogens is 1. The molecule has 0 bridgehead atoms. The summed E-state index contributed by atoms with van der Waals surface area (Å²) in [4.78, 5) is 7.60. The molecule has 0 aliphatic carbocycles. The maximum Gasteiger partial charge on any atom is 0.129 e. The first-order chi connectivity index (χ1) is 8.24. The van der Waals surface area contributed by atoms with Crippen molar-refractivity contribution in [3.8, 4) is 11.3 Å². The molecule has 0 fully saturated rings. The largest absolute Gasteiger partial charge is 0.353 e. The van der Waals surface area contributed by atoms with E-state index in [0.29, 0.717) is 5.15 Å². The van der Waals surface area contributed by atoms with Crippen molar-refractivity contribution in [2.24, 2.45) is 0 Å². The van der Waals surface area contributed by atoms with Crippen LogP contribution in [0, 0.1) is 0 Å². The van der Waals surface area contributed by atoms with Crippen LogP contribution < -0.4 is 0 Å². The van der Waals surface area contributed by atoms with Gasteiger partial charge in [0.05, 0.1) is 11.0 Å². The monoisotopic (exact) mass is 306 g/mol. The van der Waals surface area contributed by atoms with Gasteiger partial charge < -0.3 is 4.98 Å². The van der Waals surface area contributed by atoms with Crippen LogP contribution in [0.15, 0.2) is 46.9 Å². The van der Waals surface area contributed by atoms with Gasteiger partial charge in [-0.3, -0.25) is 0 Å². The number of aromatic amines is 1. The highest BCUT2D eigenvalue weighted by Crippen LogP contribution is 2.29. The van der Waals surface area contributed by atoms with Crippen molar-refractivity contribution in [2.75, 3.05) is 0 Å². The maximum atomic E-state index is 5.87. The minimum atomic E-state index is 0.509. The number of hydrogen-bond acceptors (Lipinski definition) is 1. The molecule has 2 nitrogen and oxygen atoms in total. The molecule has 17 heavy (non-hydrogen) atoms. The van der Waals surface area contributed by atoms with Gasteiger partial charge in [0, 0.05) is 15.7 Å². The van der Waals surface area contributed by atoms with Crippen LogP contribution in [0.1, 0.15) is 0 Å². The van der Waals surface area contributed by atoms with Gasteiger partial charge in [-0.2, -0.15) is 0 Å². The van der Waals surface area contributed by atoms with E-state index in [-0.39, 0.29) is 0 Å². The Morgan fingerprint density at radius 3 is 2.76 bits per heavy atom. The lowest BCUT2D eigenvalue weighted by atomic mass is 10.2. The van der Waals surface area contributed by atoms with Gasteiger partial charge in [-0.05, 0) is 24.3 Å². The number of benzene rings is 1. The van der Waals surface area contributed by atoms with Gasteiger partial charge >= 0.3 is 0 Å². The first-order valence-electron chi connectivity index (χ1n) is 5.14. The molecule has 0 aliphatic rings. The lowest BCUT2D eigenvalue weighted by molar-refractivity contribution is 1.40. The summed E-state index contributed by atoms with van der Waals surface area (Å²) >= 11 is 9.41. The average molecular weight is 308 g/mol. The molecule has 0 atom stereocenters. The van der Waals surface area contributed by atoms with Crippen molar-refractivity contribution in [1.29, 1.82) is 0 Å². The quantitative estimate of drug-likeness (QED) is 0.652. The summed E-state index contributed by atoms with van der Waals surface area (Å²) in [6.45, 7) is 0. The molecular formula is C13H8BrClN2. The van der Waals surface area contributed by atoms with Crippen molar-refractivity contribution >= 4 is 38.6 Å². The molecule has 0 aliphatic heterocycles. The van der Waals surface area contributed by atoms with E-state index < -0.39 is 0 Å². The summed E-state index contributed by atoms with van der Waals surface area (Å²) in [5.74, 6) is 0. The molecule has 0 spiro atoms. The van der Waals surface area contributed by atoms with Crippen molar-refractivity contribution < 1.29 is 0 Å². The van der Waals surface area contributed by atoms with Crippen LogP contribution in [-0.4, -0.2) is 9.97 Å². The van der Waals surface area contributed by atoms with E-state index in [2.05, 4.69) is 32.0 Å². The van der Waals surface area contributed by atoms with E-state index in [4.69, 9.17) is 11.6 Å². The molecule has 0 radical (unpaired) electrons. The first kappa shape index (κ1) is 10.8. The van der Waals surface area contributed by atoms with Gasteiger partial charge in [-0.1, -0.05) is 45.7 Å². The number of pyridine rings is 1. The van der Waals surface area contributed by atoms with Crippen LogP contribution in [-0.2, 0) is 0 Å². The minimum absolute atomic E-state index is 0.509. The Morgan fingerprint density at radius 2 is 1.94 bits per heavy atom. The molecule has 0 amide bonds. The van der Waals surface area contributed by atoms with E-state index in [9.17, 15) is 0 Å². The second-order valence-corrected chi connectivity index (χ2v) is 4.97. The second kappa shape index (κ2) is 4.17. The number of hydrogen-bond donors (Lipinski definition) is 1. The molecule has 3 rings (SSSR count).